The zero-order valence-corrected chi connectivity index (χ0v) is 19.6. The lowest BCUT2D eigenvalue weighted by Gasteiger charge is -2.16. The van der Waals surface area contributed by atoms with Crippen LogP contribution in [-0.2, 0) is 14.3 Å². The highest BCUT2D eigenvalue weighted by Crippen LogP contribution is 2.22. The second-order valence-electron chi connectivity index (χ2n) is 7.16. The Morgan fingerprint density at radius 1 is 1.12 bits per heavy atom. The van der Waals surface area contributed by atoms with Crippen molar-refractivity contribution in [3.8, 4) is 5.75 Å². The van der Waals surface area contributed by atoms with Crippen molar-refractivity contribution in [2.75, 3.05) is 16.9 Å². The fraction of sp³-hybridized carbons (Fsp3) is 0.148. The number of amides is 1. The molecule has 1 amide bonds. The van der Waals surface area contributed by atoms with Crippen LogP contribution in [0.25, 0.3) is 5.57 Å². The largest absolute Gasteiger partial charge is 0.508 e. The summed E-state index contributed by atoms with van der Waals surface area (Å²) in [5.41, 5.74) is 3.50. The third kappa shape index (κ3) is 7.34. The van der Waals surface area contributed by atoms with Crippen molar-refractivity contribution >= 4 is 34.5 Å². The van der Waals surface area contributed by atoms with E-state index in [1.807, 2.05) is 0 Å². The lowest BCUT2D eigenvalue weighted by atomic mass is 10.0. The van der Waals surface area contributed by atoms with E-state index in [-0.39, 0.29) is 24.0 Å². The second-order valence-corrected chi connectivity index (χ2v) is 7.16. The number of hydrazone groups is 1. The Morgan fingerprint density at radius 3 is 2.44 bits per heavy atom. The molecule has 7 heteroatoms. The number of hydrogen-bond acceptors (Lipinski definition) is 6. The number of phenols is 1. The molecule has 2 rings (SSSR count). The topological polar surface area (TPSA) is 91.2 Å². The predicted molar refractivity (Wildman–Crippen MR) is 138 cm³/mol. The number of benzene rings is 2. The summed E-state index contributed by atoms with van der Waals surface area (Å²) in [7, 11) is 0. The van der Waals surface area contributed by atoms with Gasteiger partial charge in [0.25, 0.3) is 5.91 Å². The number of carbonyl (C=O) groups excluding carboxylic acids is 2. The van der Waals surface area contributed by atoms with E-state index in [9.17, 15) is 14.7 Å². The monoisotopic (exact) mass is 459 g/mol. The molecule has 0 aliphatic heterocycles. The van der Waals surface area contributed by atoms with Crippen molar-refractivity contribution in [1.82, 2.24) is 0 Å². The molecule has 0 atom stereocenters. The molecule has 34 heavy (non-hydrogen) atoms. The average molecular weight is 460 g/mol. The van der Waals surface area contributed by atoms with Gasteiger partial charge in [-0.1, -0.05) is 49.6 Å². The summed E-state index contributed by atoms with van der Waals surface area (Å²) >= 11 is 0. The first-order valence-corrected chi connectivity index (χ1v) is 10.6. The van der Waals surface area contributed by atoms with Crippen LogP contribution in [0.3, 0.4) is 0 Å². The van der Waals surface area contributed by atoms with Crippen LogP contribution in [0.2, 0.25) is 0 Å². The number of anilines is 2. The van der Waals surface area contributed by atoms with Gasteiger partial charge in [-0.2, -0.15) is 5.10 Å². The normalized spacial score (nSPS) is 12.0. The molecule has 0 saturated carbocycles. The summed E-state index contributed by atoms with van der Waals surface area (Å²) in [5.74, 6) is -0.616. The van der Waals surface area contributed by atoms with Gasteiger partial charge >= 0.3 is 5.97 Å². The van der Waals surface area contributed by atoms with E-state index < -0.39 is 5.97 Å². The molecule has 0 aliphatic rings. The van der Waals surface area contributed by atoms with E-state index in [2.05, 4.69) is 23.6 Å². The molecule has 2 aromatic carbocycles. The van der Waals surface area contributed by atoms with E-state index in [1.54, 1.807) is 87.5 Å². The zero-order valence-electron chi connectivity index (χ0n) is 19.6. The number of phenolic OH excluding ortho intramolecular Hbond substituents is 1. The summed E-state index contributed by atoms with van der Waals surface area (Å²) in [6.07, 6.45) is 6.63. The first kappa shape index (κ1) is 25.9. The van der Waals surface area contributed by atoms with Crippen LogP contribution in [0, 0.1) is 0 Å². The summed E-state index contributed by atoms with van der Waals surface area (Å²) in [6, 6.07) is 13.7. The molecular weight excluding hydrogens is 430 g/mol. The van der Waals surface area contributed by atoms with Gasteiger partial charge in [0.2, 0.25) is 0 Å². The van der Waals surface area contributed by atoms with Gasteiger partial charge in [-0.15, -0.1) is 0 Å². The van der Waals surface area contributed by atoms with E-state index in [0.29, 0.717) is 16.9 Å². The lowest BCUT2D eigenvalue weighted by Crippen LogP contribution is -2.19. The Balaban J connectivity index is 2.18. The fourth-order valence-corrected chi connectivity index (χ4v) is 2.82. The molecule has 0 heterocycles. The van der Waals surface area contributed by atoms with Crippen LogP contribution in [0.1, 0.15) is 26.3 Å². The van der Waals surface area contributed by atoms with Crippen LogP contribution >= 0.6 is 0 Å². The van der Waals surface area contributed by atoms with Crippen LogP contribution in [-0.4, -0.2) is 29.3 Å². The number of nitrogens with one attached hydrogen (secondary N) is 1. The summed E-state index contributed by atoms with van der Waals surface area (Å²) in [6.45, 7) is 12.8. The molecule has 2 aromatic rings. The number of esters is 1. The maximum absolute atomic E-state index is 12.7. The molecule has 0 aliphatic carbocycles. The highest BCUT2D eigenvalue weighted by atomic mass is 16.5. The number of aromatic hydroxyl groups is 1. The number of allylic oxidation sites excluding steroid dienone is 4. The number of nitrogens with zero attached hydrogens (tertiary/aromatic N) is 2. The number of rotatable bonds is 10. The molecule has 7 nitrogen and oxygen atoms in total. The average Bonchev–Trinajstić information content (AvgIpc) is 2.83. The van der Waals surface area contributed by atoms with Crippen molar-refractivity contribution in [2.45, 2.75) is 20.8 Å². The maximum atomic E-state index is 12.7. The van der Waals surface area contributed by atoms with Gasteiger partial charge in [0.1, 0.15) is 11.5 Å². The SMILES string of the molecule is C=C/C(=C\C=C(/C)C(=O)Nc1cccc(N(C=C)/N=C(\C)C(=O)OCC)c1)c1ccc(O)cc1. The molecule has 0 bridgehead atoms. The zero-order chi connectivity index (χ0) is 25.1. The fourth-order valence-electron chi connectivity index (χ4n) is 2.82. The minimum Gasteiger partial charge on any atom is -0.508 e. The Morgan fingerprint density at radius 2 is 1.82 bits per heavy atom. The Bertz CT molecular complexity index is 1140. The van der Waals surface area contributed by atoms with Crippen LogP contribution in [0.4, 0.5) is 11.4 Å². The van der Waals surface area contributed by atoms with Crippen molar-refractivity contribution in [1.29, 1.82) is 0 Å². The van der Waals surface area contributed by atoms with E-state index in [1.165, 1.54) is 11.2 Å². The second kappa shape index (κ2) is 12.6. The highest BCUT2D eigenvalue weighted by Gasteiger charge is 2.11. The number of ether oxygens (including phenoxy) is 1. The first-order chi connectivity index (χ1) is 16.3. The van der Waals surface area contributed by atoms with Gasteiger partial charge in [-0.05, 0) is 62.2 Å². The summed E-state index contributed by atoms with van der Waals surface area (Å²) in [4.78, 5) is 24.5. The van der Waals surface area contributed by atoms with E-state index >= 15 is 0 Å². The lowest BCUT2D eigenvalue weighted by molar-refractivity contribution is -0.135. The van der Waals surface area contributed by atoms with Crippen LogP contribution < -0.4 is 10.3 Å². The molecule has 0 aromatic heterocycles. The molecule has 0 spiro atoms. The van der Waals surface area contributed by atoms with Gasteiger partial charge in [0.15, 0.2) is 0 Å². The Labute approximate surface area is 200 Å². The van der Waals surface area contributed by atoms with Gasteiger partial charge < -0.3 is 15.2 Å². The number of hydrogen-bond donors (Lipinski definition) is 2. The summed E-state index contributed by atoms with van der Waals surface area (Å²) in [5, 5.41) is 18.0. The molecule has 176 valence electrons. The minimum absolute atomic E-state index is 0.174. The highest BCUT2D eigenvalue weighted by molar-refractivity contribution is 6.35. The van der Waals surface area contributed by atoms with Gasteiger partial charge in [-0.3, -0.25) is 4.79 Å². The van der Waals surface area contributed by atoms with Gasteiger partial charge in [-0.25, -0.2) is 9.80 Å². The molecular formula is C27H29N3O4. The predicted octanol–water partition coefficient (Wildman–Crippen LogP) is 5.44. The van der Waals surface area contributed by atoms with Crippen LogP contribution in [0.5, 0.6) is 5.75 Å². The quantitative estimate of drug-likeness (QED) is 0.162. The molecule has 0 unspecified atom stereocenters. The van der Waals surface area contributed by atoms with Crippen molar-refractivity contribution < 1.29 is 19.4 Å². The smallest absolute Gasteiger partial charge is 0.354 e. The van der Waals surface area contributed by atoms with Crippen molar-refractivity contribution in [3.05, 3.63) is 97.3 Å². The minimum atomic E-state index is -0.515. The Hall–Kier alpha value is -4.39. The molecule has 2 N–H and O–H groups in total. The first-order valence-electron chi connectivity index (χ1n) is 10.6. The van der Waals surface area contributed by atoms with E-state index in [4.69, 9.17) is 4.74 Å². The van der Waals surface area contributed by atoms with Crippen molar-refractivity contribution in [2.24, 2.45) is 5.10 Å². The molecule has 0 radical (unpaired) electrons. The Kier molecular flexibility index (Phi) is 9.58. The maximum Gasteiger partial charge on any atom is 0.354 e. The third-order valence-corrected chi connectivity index (χ3v) is 4.66. The summed E-state index contributed by atoms with van der Waals surface area (Å²) < 4.78 is 4.95. The molecule has 0 saturated heterocycles. The number of carbonyl (C=O) groups is 2. The third-order valence-electron chi connectivity index (χ3n) is 4.66. The standard InChI is InChI=1S/C27H29N3O4/c1-6-21(22-14-16-25(31)17-15-22)13-12-19(4)26(32)28-23-10-9-11-24(18-23)30(7-2)29-20(5)27(33)34-8-3/h6-7,9-18,31H,1-2,8H2,3-5H3,(H,28,32)/b19-12+,21-13+,29-20+. The van der Waals surface area contributed by atoms with E-state index in [0.717, 1.165) is 11.1 Å². The van der Waals surface area contributed by atoms with Crippen molar-refractivity contribution in [3.63, 3.8) is 0 Å². The van der Waals surface area contributed by atoms with Gasteiger partial charge in [0, 0.05) is 17.5 Å². The molecule has 0 fully saturated rings. The van der Waals surface area contributed by atoms with Crippen LogP contribution in [0.15, 0.2) is 96.8 Å². The van der Waals surface area contributed by atoms with Gasteiger partial charge in [0.05, 0.1) is 12.3 Å².